The van der Waals surface area contributed by atoms with Gasteiger partial charge in [0.15, 0.2) is 0 Å². The number of rotatable bonds is 2. The van der Waals surface area contributed by atoms with Gasteiger partial charge < -0.3 is 5.32 Å². The average molecular weight is 273 g/mol. The highest BCUT2D eigenvalue weighted by atomic mass is 16.2. The minimum absolute atomic E-state index is 0.0248. The fourth-order valence-electron chi connectivity index (χ4n) is 2.94. The van der Waals surface area contributed by atoms with Gasteiger partial charge in [-0.2, -0.15) is 0 Å². The number of nitrogens with zero attached hydrogens (tertiary/aromatic N) is 2. The predicted molar refractivity (Wildman–Crippen MR) is 75.2 cm³/mol. The van der Waals surface area contributed by atoms with Crippen molar-refractivity contribution in [3.05, 3.63) is 24.0 Å². The Bertz CT molecular complexity index is 582. The summed E-state index contributed by atoms with van der Waals surface area (Å²) in [4.78, 5) is 31.0. The van der Waals surface area contributed by atoms with Gasteiger partial charge in [0.2, 0.25) is 5.91 Å². The number of pyridine rings is 1. The number of carbonyl (C=O) groups excluding carboxylic acids is 2. The number of aryl methyl sites for hydroxylation is 1. The Kier molecular flexibility index (Phi) is 2.81. The van der Waals surface area contributed by atoms with Crippen LogP contribution in [0.25, 0.3) is 0 Å². The molecule has 1 aromatic heterocycles. The second kappa shape index (κ2) is 4.30. The Hall–Kier alpha value is -1.91. The van der Waals surface area contributed by atoms with Gasteiger partial charge in [-0.15, -0.1) is 0 Å². The van der Waals surface area contributed by atoms with Gasteiger partial charge in [0.25, 0.3) is 5.91 Å². The zero-order chi connectivity index (χ0) is 14.5. The van der Waals surface area contributed by atoms with Crippen molar-refractivity contribution < 1.29 is 9.59 Å². The molecule has 1 aliphatic heterocycles. The van der Waals surface area contributed by atoms with Gasteiger partial charge in [-0.1, -0.05) is 0 Å². The van der Waals surface area contributed by atoms with E-state index in [0.29, 0.717) is 0 Å². The summed E-state index contributed by atoms with van der Waals surface area (Å²) in [6.07, 6.45) is 3.69. The van der Waals surface area contributed by atoms with Crippen molar-refractivity contribution in [3.63, 3.8) is 0 Å². The summed E-state index contributed by atoms with van der Waals surface area (Å²) in [6, 6.07) is 3.14. The molecule has 1 aliphatic carbocycles. The molecule has 2 unspecified atom stereocenters. The molecule has 2 aliphatic rings. The highest BCUT2D eigenvalue weighted by Gasteiger charge is 2.55. The molecular weight excluding hydrogens is 254 g/mol. The van der Waals surface area contributed by atoms with Crippen LogP contribution in [0.1, 0.15) is 32.4 Å². The molecule has 2 amide bonds. The molecule has 20 heavy (non-hydrogen) atoms. The maximum atomic E-state index is 12.9. The number of amides is 2. The Labute approximate surface area is 118 Å². The van der Waals surface area contributed by atoms with Gasteiger partial charge in [0.05, 0.1) is 11.4 Å². The summed E-state index contributed by atoms with van der Waals surface area (Å²) in [6.45, 7) is 5.46. The van der Waals surface area contributed by atoms with Crippen molar-refractivity contribution in [2.24, 2.45) is 5.92 Å². The largest absolute Gasteiger partial charge is 0.340 e. The van der Waals surface area contributed by atoms with Gasteiger partial charge in [0.1, 0.15) is 11.6 Å². The van der Waals surface area contributed by atoms with Gasteiger partial charge in [0, 0.05) is 6.20 Å². The second-order valence-corrected chi connectivity index (χ2v) is 5.92. The Morgan fingerprint density at radius 3 is 2.70 bits per heavy atom. The molecule has 2 heterocycles. The lowest BCUT2D eigenvalue weighted by Gasteiger charge is -2.43. The van der Waals surface area contributed by atoms with E-state index in [4.69, 9.17) is 0 Å². The minimum Gasteiger partial charge on any atom is -0.340 e. The number of anilines is 1. The Morgan fingerprint density at radius 2 is 2.10 bits per heavy atom. The van der Waals surface area contributed by atoms with Crippen LogP contribution in [0.15, 0.2) is 18.3 Å². The van der Waals surface area contributed by atoms with Crippen molar-refractivity contribution in [3.8, 4) is 0 Å². The van der Waals surface area contributed by atoms with Gasteiger partial charge in [-0.05, 0) is 51.7 Å². The third kappa shape index (κ3) is 1.80. The quantitative estimate of drug-likeness (QED) is 0.886. The summed E-state index contributed by atoms with van der Waals surface area (Å²) >= 11 is 0. The van der Waals surface area contributed by atoms with E-state index < -0.39 is 11.6 Å². The number of carbonyl (C=O) groups is 2. The van der Waals surface area contributed by atoms with Crippen molar-refractivity contribution in [1.29, 1.82) is 0 Å². The molecule has 1 N–H and O–H groups in total. The first kappa shape index (κ1) is 13.1. The Morgan fingerprint density at radius 1 is 1.40 bits per heavy atom. The summed E-state index contributed by atoms with van der Waals surface area (Å²) in [7, 11) is 0. The summed E-state index contributed by atoms with van der Waals surface area (Å²) in [5.41, 5.74) is 0.721. The Balaban J connectivity index is 2.05. The van der Waals surface area contributed by atoms with E-state index in [9.17, 15) is 9.59 Å². The zero-order valence-corrected chi connectivity index (χ0v) is 12.0. The SMILES string of the molecule is Cc1ncccc1N1C(=O)C(C)(C2CC2)NC(=O)C1C. The van der Waals surface area contributed by atoms with Crippen LogP contribution in [-0.4, -0.2) is 28.4 Å². The van der Waals surface area contributed by atoms with Crippen LogP contribution < -0.4 is 10.2 Å². The fraction of sp³-hybridized carbons (Fsp3) is 0.533. The molecule has 0 radical (unpaired) electrons. The van der Waals surface area contributed by atoms with Gasteiger partial charge >= 0.3 is 0 Å². The van der Waals surface area contributed by atoms with Crippen LogP contribution in [0, 0.1) is 12.8 Å². The van der Waals surface area contributed by atoms with Gasteiger partial charge in [-0.3, -0.25) is 19.5 Å². The first-order valence-electron chi connectivity index (χ1n) is 7.02. The molecule has 0 bridgehead atoms. The number of hydrogen-bond acceptors (Lipinski definition) is 3. The fourth-order valence-corrected chi connectivity index (χ4v) is 2.94. The van der Waals surface area contributed by atoms with E-state index in [1.807, 2.05) is 19.9 Å². The molecule has 0 aromatic carbocycles. The molecule has 3 rings (SSSR count). The zero-order valence-electron chi connectivity index (χ0n) is 12.0. The summed E-state index contributed by atoms with van der Waals surface area (Å²) in [5.74, 6) is 0.136. The van der Waals surface area contributed by atoms with Crippen LogP contribution in [0.4, 0.5) is 5.69 Å². The number of aromatic nitrogens is 1. The van der Waals surface area contributed by atoms with E-state index >= 15 is 0 Å². The number of nitrogens with one attached hydrogen (secondary N) is 1. The predicted octanol–water partition coefficient (Wildman–Crippen LogP) is 1.41. The highest BCUT2D eigenvalue weighted by Crippen LogP contribution is 2.43. The first-order valence-corrected chi connectivity index (χ1v) is 7.02. The van der Waals surface area contributed by atoms with E-state index in [-0.39, 0.29) is 17.7 Å². The lowest BCUT2D eigenvalue weighted by molar-refractivity contribution is -0.138. The van der Waals surface area contributed by atoms with E-state index in [0.717, 1.165) is 24.2 Å². The van der Waals surface area contributed by atoms with Crippen molar-refractivity contribution in [2.45, 2.75) is 45.2 Å². The normalized spacial score (nSPS) is 30.4. The maximum Gasteiger partial charge on any atom is 0.253 e. The third-order valence-electron chi connectivity index (χ3n) is 4.45. The summed E-state index contributed by atoms with van der Waals surface area (Å²) < 4.78 is 0. The molecule has 5 heteroatoms. The second-order valence-electron chi connectivity index (χ2n) is 5.92. The van der Waals surface area contributed by atoms with E-state index in [2.05, 4.69) is 10.3 Å². The number of piperazine rings is 1. The molecule has 1 aromatic rings. The topological polar surface area (TPSA) is 62.3 Å². The molecule has 0 spiro atoms. The lowest BCUT2D eigenvalue weighted by Crippen LogP contribution is -2.70. The number of hydrogen-bond donors (Lipinski definition) is 1. The minimum atomic E-state index is -0.772. The first-order chi connectivity index (χ1) is 9.45. The van der Waals surface area contributed by atoms with Crippen molar-refractivity contribution in [2.75, 3.05) is 4.90 Å². The molecule has 2 atom stereocenters. The third-order valence-corrected chi connectivity index (χ3v) is 4.45. The van der Waals surface area contributed by atoms with Crippen LogP contribution in [-0.2, 0) is 9.59 Å². The molecule has 2 fully saturated rings. The van der Waals surface area contributed by atoms with Crippen LogP contribution >= 0.6 is 0 Å². The van der Waals surface area contributed by atoms with E-state index in [1.165, 1.54) is 0 Å². The van der Waals surface area contributed by atoms with Crippen LogP contribution in [0.2, 0.25) is 0 Å². The van der Waals surface area contributed by atoms with Crippen molar-refractivity contribution >= 4 is 17.5 Å². The molecule has 1 saturated carbocycles. The van der Waals surface area contributed by atoms with E-state index in [1.54, 1.807) is 24.1 Å². The molecule has 5 nitrogen and oxygen atoms in total. The molecular formula is C15H19N3O2. The standard InChI is InChI=1S/C15H19N3O2/c1-9-12(5-4-8-16-9)18-10(2)13(19)17-15(3,14(18)20)11-6-7-11/h4-5,8,10-11H,6-7H2,1-3H3,(H,17,19). The average Bonchev–Trinajstić information content (AvgIpc) is 3.24. The van der Waals surface area contributed by atoms with Crippen molar-refractivity contribution in [1.82, 2.24) is 10.3 Å². The monoisotopic (exact) mass is 273 g/mol. The maximum absolute atomic E-state index is 12.9. The van der Waals surface area contributed by atoms with Crippen LogP contribution in [0.3, 0.4) is 0 Å². The lowest BCUT2D eigenvalue weighted by atomic mass is 9.89. The smallest absolute Gasteiger partial charge is 0.253 e. The molecule has 106 valence electrons. The summed E-state index contributed by atoms with van der Waals surface area (Å²) in [5, 5.41) is 2.92. The highest BCUT2D eigenvalue weighted by molar-refractivity contribution is 6.11. The molecule has 1 saturated heterocycles. The van der Waals surface area contributed by atoms with Gasteiger partial charge in [-0.25, -0.2) is 0 Å². The van der Waals surface area contributed by atoms with Crippen LogP contribution in [0.5, 0.6) is 0 Å².